The van der Waals surface area contributed by atoms with E-state index in [1.807, 2.05) is 11.8 Å². The van der Waals surface area contributed by atoms with Crippen LogP contribution in [0.25, 0.3) is 0 Å². The van der Waals surface area contributed by atoms with Crippen molar-refractivity contribution in [2.24, 2.45) is 5.92 Å². The van der Waals surface area contributed by atoms with Gasteiger partial charge in [-0.1, -0.05) is 26.7 Å². The van der Waals surface area contributed by atoms with Crippen LogP contribution in [0, 0.1) is 5.92 Å². The van der Waals surface area contributed by atoms with Gasteiger partial charge in [0.2, 0.25) is 0 Å². The highest BCUT2D eigenvalue weighted by molar-refractivity contribution is 5.74. The van der Waals surface area contributed by atoms with Crippen molar-refractivity contribution in [2.75, 3.05) is 19.6 Å². The summed E-state index contributed by atoms with van der Waals surface area (Å²) in [5, 5.41) is 11.6. The lowest BCUT2D eigenvalue weighted by atomic mass is 9.97. The molecule has 2 amide bonds. The summed E-state index contributed by atoms with van der Waals surface area (Å²) in [5.41, 5.74) is 0. The zero-order valence-electron chi connectivity index (χ0n) is 13.2. The van der Waals surface area contributed by atoms with Crippen molar-refractivity contribution in [1.82, 2.24) is 10.2 Å². The molecule has 0 aliphatic rings. The predicted molar refractivity (Wildman–Crippen MR) is 80.8 cm³/mol. The fraction of sp³-hybridized carbons (Fsp3) is 0.867. The number of hydrogen-bond acceptors (Lipinski definition) is 2. The number of urea groups is 1. The summed E-state index contributed by atoms with van der Waals surface area (Å²) >= 11 is 0. The lowest BCUT2D eigenvalue weighted by Crippen LogP contribution is -2.41. The van der Waals surface area contributed by atoms with E-state index in [2.05, 4.69) is 19.2 Å². The van der Waals surface area contributed by atoms with Crippen molar-refractivity contribution < 1.29 is 14.7 Å². The highest BCUT2D eigenvalue weighted by Gasteiger charge is 2.12. The van der Waals surface area contributed by atoms with Gasteiger partial charge in [-0.2, -0.15) is 0 Å². The lowest BCUT2D eigenvalue weighted by molar-refractivity contribution is -0.137. The van der Waals surface area contributed by atoms with Crippen molar-refractivity contribution in [3.8, 4) is 0 Å². The van der Waals surface area contributed by atoms with Gasteiger partial charge in [0, 0.05) is 26.1 Å². The molecule has 0 aromatic carbocycles. The number of amides is 2. The SMILES string of the molecule is CCCCN(CC)C(=O)NCCC(CC)CCC(=O)O. The molecule has 0 aliphatic heterocycles. The van der Waals surface area contributed by atoms with Gasteiger partial charge in [-0.05, 0) is 32.1 Å². The van der Waals surface area contributed by atoms with E-state index in [4.69, 9.17) is 5.11 Å². The number of nitrogens with one attached hydrogen (secondary N) is 1. The Labute approximate surface area is 122 Å². The Kier molecular flexibility index (Phi) is 10.8. The second kappa shape index (κ2) is 11.6. The van der Waals surface area contributed by atoms with Gasteiger partial charge < -0.3 is 15.3 Å². The third-order valence-corrected chi connectivity index (χ3v) is 3.62. The van der Waals surface area contributed by atoms with Gasteiger partial charge in [0.15, 0.2) is 0 Å². The quantitative estimate of drug-likeness (QED) is 0.613. The van der Waals surface area contributed by atoms with Crippen LogP contribution in [0.3, 0.4) is 0 Å². The van der Waals surface area contributed by atoms with Crippen LogP contribution >= 0.6 is 0 Å². The minimum atomic E-state index is -0.746. The number of nitrogens with zero attached hydrogens (tertiary/aromatic N) is 1. The zero-order valence-corrected chi connectivity index (χ0v) is 13.2. The Morgan fingerprint density at radius 1 is 1.20 bits per heavy atom. The number of carboxylic acid groups (broad SMARTS) is 1. The Bertz CT molecular complexity index is 282. The average Bonchev–Trinajstić information content (AvgIpc) is 2.43. The maximum absolute atomic E-state index is 11.9. The fourth-order valence-electron chi connectivity index (χ4n) is 2.13. The molecule has 0 saturated heterocycles. The molecule has 2 N–H and O–H groups in total. The number of carboxylic acids is 1. The Balaban J connectivity index is 3.94. The third-order valence-electron chi connectivity index (χ3n) is 3.62. The molecule has 0 aromatic rings. The van der Waals surface area contributed by atoms with Crippen molar-refractivity contribution in [3.05, 3.63) is 0 Å². The van der Waals surface area contributed by atoms with E-state index in [0.29, 0.717) is 18.9 Å². The van der Waals surface area contributed by atoms with Crippen molar-refractivity contribution in [1.29, 1.82) is 0 Å². The maximum Gasteiger partial charge on any atom is 0.317 e. The molecular formula is C15H30N2O3. The average molecular weight is 286 g/mol. The summed E-state index contributed by atoms with van der Waals surface area (Å²) in [4.78, 5) is 24.3. The molecule has 0 saturated carbocycles. The van der Waals surface area contributed by atoms with Crippen LogP contribution in [0.4, 0.5) is 4.79 Å². The Morgan fingerprint density at radius 3 is 2.40 bits per heavy atom. The number of carbonyl (C=O) groups excluding carboxylic acids is 1. The lowest BCUT2D eigenvalue weighted by Gasteiger charge is -2.22. The monoisotopic (exact) mass is 286 g/mol. The van der Waals surface area contributed by atoms with Crippen LogP contribution in [0.15, 0.2) is 0 Å². The highest BCUT2D eigenvalue weighted by Crippen LogP contribution is 2.14. The normalized spacial score (nSPS) is 11.9. The standard InChI is InChI=1S/C15H30N2O3/c1-4-7-12-17(6-3)15(20)16-11-10-13(5-2)8-9-14(18)19/h13H,4-12H2,1-3H3,(H,16,20)(H,18,19). The first-order valence-corrected chi connectivity index (χ1v) is 7.79. The van der Waals surface area contributed by atoms with Gasteiger partial charge in [-0.15, -0.1) is 0 Å². The molecule has 118 valence electrons. The minimum absolute atomic E-state index is 0.00552. The molecule has 0 spiro atoms. The molecule has 0 bridgehead atoms. The van der Waals surface area contributed by atoms with Gasteiger partial charge in [-0.25, -0.2) is 4.79 Å². The van der Waals surface area contributed by atoms with Gasteiger partial charge in [0.05, 0.1) is 0 Å². The summed E-state index contributed by atoms with van der Waals surface area (Å²) < 4.78 is 0. The molecule has 20 heavy (non-hydrogen) atoms. The van der Waals surface area contributed by atoms with E-state index in [9.17, 15) is 9.59 Å². The molecule has 1 atom stereocenters. The fourth-order valence-corrected chi connectivity index (χ4v) is 2.13. The molecule has 0 radical (unpaired) electrons. The summed E-state index contributed by atoms with van der Waals surface area (Å²) in [7, 11) is 0. The van der Waals surface area contributed by atoms with Crippen molar-refractivity contribution in [3.63, 3.8) is 0 Å². The summed E-state index contributed by atoms with van der Waals surface area (Å²) in [6.45, 7) is 8.31. The van der Waals surface area contributed by atoms with E-state index in [1.54, 1.807) is 0 Å². The van der Waals surface area contributed by atoms with E-state index in [0.717, 1.165) is 38.8 Å². The number of hydrogen-bond donors (Lipinski definition) is 2. The number of aliphatic carboxylic acids is 1. The summed E-state index contributed by atoms with van der Waals surface area (Å²) in [5.74, 6) is -0.374. The van der Waals surface area contributed by atoms with Crippen molar-refractivity contribution in [2.45, 2.75) is 59.3 Å². The maximum atomic E-state index is 11.9. The molecule has 0 fully saturated rings. The van der Waals surface area contributed by atoms with Gasteiger partial charge in [0.25, 0.3) is 0 Å². The summed E-state index contributed by atoms with van der Waals surface area (Å²) in [6, 6.07) is -0.00552. The van der Waals surface area contributed by atoms with Gasteiger partial charge in [0.1, 0.15) is 0 Å². The first-order chi connectivity index (χ1) is 9.54. The third kappa shape index (κ3) is 8.77. The predicted octanol–water partition coefficient (Wildman–Crippen LogP) is 3.10. The molecule has 5 heteroatoms. The molecule has 1 unspecified atom stereocenters. The summed E-state index contributed by atoms with van der Waals surface area (Å²) in [6.07, 6.45) is 4.81. The van der Waals surface area contributed by atoms with Crippen molar-refractivity contribution >= 4 is 12.0 Å². The van der Waals surface area contributed by atoms with E-state index in [1.165, 1.54) is 0 Å². The van der Waals surface area contributed by atoms with Crippen LogP contribution in [0.5, 0.6) is 0 Å². The van der Waals surface area contributed by atoms with E-state index >= 15 is 0 Å². The first kappa shape index (κ1) is 18.7. The smallest absolute Gasteiger partial charge is 0.317 e. The molecule has 0 aromatic heterocycles. The Hall–Kier alpha value is -1.26. The van der Waals surface area contributed by atoms with Crippen LogP contribution in [-0.2, 0) is 4.79 Å². The molecular weight excluding hydrogens is 256 g/mol. The topological polar surface area (TPSA) is 69.6 Å². The first-order valence-electron chi connectivity index (χ1n) is 7.79. The van der Waals surface area contributed by atoms with E-state index in [-0.39, 0.29) is 12.5 Å². The van der Waals surface area contributed by atoms with Gasteiger partial charge in [-0.3, -0.25) is 4.79 Å². The second-order valence-electron chi connectivity index (χ2n) is 5.16. The number of rotatable bonds is 11. The largest absolute Gasteiger partial charge is 0.481 e. The molecule has 0 heterocycles. The van der Waals surface area contributed by atoms with Crippen LogP contribution in [-0.4, -0.2) is 41.6 Å². The minimum Gasteiger partial charge on any atom is -0.481 e. The highest BCUT2D eigenvalue weighted by atomic mass is 16.4. The zero-order chi connectivity index (χ0) is 15.4. The van der Waals surface area contributed by atoms with E-state index < -0.39 is 5.97 Å². The molecule has 5 nitrogen and oxygen atoms in total. The molecule has 0 aliphatic carbocycles. The number of carbonyl (C=O) groups is 2. The molecule has 0 rings (SSSR count). The van der Waals surface area contributed by atoms with Crippen LogP contribution in [0.1, 0.15) is 59.3 Å². The van der Waals surface area contributed by atoms with Crippen LogP contribution in [0.2, 0.25) is 0 Å². The second-order valence-corrected chi connectivity index (χ2v) is 5.16. The van der Waals surface area contributed by atoms with Gasteiger partial charge >= 0.3 is 12.0 Å². The number of unbranched alkanes of at least 4 members (excludes halogenated alkanes) is 1. The Morgan fingerprint density at radius 2 is 1.90 bits per heavy atom. The van der Waals surface area contributed by atoms with Crippen LogP contribution < -0.4 is 5.32 Å².